The number of ketones is 1. The van der Waals surface area contributed by atoms with E-state index in [1.165, 1.54) is 0 Å². The van der Waals surface area contributed by atoms with E-state index in [-0.39, 0.29) is 5.48 Å². The van der Waals surface area contributed by atoms with Gasteiger partial charge in [-0.25, -0.2) is 0 Å². The van der Waals surface area contributed by atoms with Crippen LogP contribution < -0.4 is 0 Å². The molecule has 7 N–H and O–H groups in total. The minimum absolute atomic E-state index is 0. The van der Waals surface area contributed by atoms with Crippen molar-refractivity contribution in [1.29, 1.82) is 0 Å². The number of hydrogen-bond acceptors (Lipinski definition) is 7. The summed E-state index contributed by atoms with van der Waals surface area (Å²) in [5.74, 6) is -27.2. The predicted octanol–water partition coefficient (Wildman–Crippen LogP) is 3.02. The van der Waals surface area contributed by atoms with Gasteiger partial charge in [-0.1, -0.05) is 0 Å². The Kier molecular flexibility index (Phi) is 12.2. The summed E-state index contributed by atoms with van der Waals surface area (Å²) in [4.78, 5) is 10.1. The Labute approximate surface area is 219 Å². The molecule has 0 aromatic carbocycles. The zero-order chi connectivity index (χ0) is 33.8. The topological polar surface area (TPSA) is 159 Å². The first kappa shape index (κ1) is 43.8. The van der Waals surface area contributed by atoms with E-state index in [9.17, 15) is 70.7 Å². The maximum Gasteiger partial charge on any atom is 0.456 e. The van der Waals surface area contributed by atoms with Crippen molar-refractivity contribution in [2.75, 3.05) is 0 Å². The van der Waals surface area contributed by atoms with Gasteiger partial charge in [-0.2, -0.15) is 65.9 Å². The molecule has 23 heteroatoms. The normalized spacial score (nSPS) is 21.7. The molecule has 8 nitrogen and oxygen atoms in total. The van der Waals surface area contributed by atoms with E-state index in [0.29, 0.717) is 27.7 Å². The molecule has 1 heterocycles. The fraction of sp³-hybridized carbons (Fsp3) is 0.944. The Balaban J connectivity index is -0.000000522. The number of halogens is 15. The summed E-state index contributed by atoms with van der Waals surface area (Å²) in [7, 11) is 0. The molecule has 0 radical (unpaired) electrons. The van der Waals surface area contributed by atoms with Gasteiger partial charge in [-0.05, 0) is 41.5 Å². The second-order valence-electron chi connectivity index (χ2n) is 9.59. The molecule has 1 fully saturated rings. The number of carbonyl (C=O) groups excluding carboxylic acids is 1. The largest absolute Gasteiger partial charge is 0.456 e. The molecular weight excluding hydrogens is 629 g/mol. The highest BCUT2D eigenvalue weighted by atomic mass is 19.4. The first-order chi connectivity index (χ1) is 16.6. The highest BCUT2D eigenvalue weighted by molar-refractivity contribution is 5.91. The van der Waals surface area contributed by atoms with Crippen molar-refractivity contribution in [1.82, 2.24) is 0 Å². The number of rotatable bonds is 4. The monoisotopic (exact) mass is 654 g/mol. The summed E-state index contributed by atoms with van der Waals surface area (Å²) in [6.07, 6.45) is -17.1. The Morgan fingerprint density at radius 2 is 1.00 bits per heavy atom. The second-order valence-corrected chi connectivity index (χ2v) is 9.59. The van der Waals surface area contributed by atoms with E-state index < -0.39 is 70.5 Å². The van der Waals surface area contributed by atoms with Crippen LogP contribution in [0.15, 0.2) is 0 Å². The van der Waals surface area contributed by atoms with Crippen molar-refractivity contribution < 1.29 is 106 Å². The molecule has 1 unspecified atom stereocenters. The Morgan fingerprint density at radius 1 is 0.683 bits per heavy atom. The molecule has 250 valence electrons. The predicted molar refractivity (Wildman–Crippen MR) is 102 cm³/mol. The molecular formula is C18H25F15O8. The summed E-state index contributed by atoms with van der Waals surface area (Å²) in [5.41, 5.74) is -8.54. The van der Waals surface area contributed by atoms with Crippen molar-refractivity contribution in [3.05, 3.63) is 0 Å². The van der Waals surface area contributed by atoms with E-state index >= 15 is 0 Å². The average molecular weight is 654 g/mol. The maximum absolute atomic E-state index is 12.8. The minimum atomic E-state index is -5.96. The van der Waals surface area contributed by atoms with E-state index in [1.807, 2.05) is 0 Å². The first-order valence-corrected chi connectivity index (χ1v) is 9.82. The van der Waals surface area contributed by atoms with Crippen LogP contribution >= 0.6 is 0 Å². The third kappa shape index (κ3) is 8.04. The van der Waals surface area contributed by atoms with Gasteiger partial charge in [0.15, 0.2) is 0 Å². The SMILES string of the molecule is CC(C)(O)C(F)(F)C(=O)C(F)(F)F.CC(C)(O)C(F)(F)C(O)(O)C(F)(F)F.CC1(C)OC(O)(C(F)(F)F)C1(F)F.O. The van der Waals surface area contributed by atoms with Gasteiger partial charge in [0, 0.05) is 0 Å². The lowest BCUT2D eigenvalue weighted by Gasteiger charge is -2.55. The zero-order valence-corrected chi connectivity index (χ0v) is 21.2. The highest BCUT2D eigenvalue weighted by Crippen LogP contribution is 2.59. The van der Waals surface area contributed by atoms with Crippen molar-refractivity contribution in [2.24, 2.45) is 0 Å². The first-order valence-electron chi connectivity index (χ1n) is 9.82. The molecule has 1 rings (SSSR count). The van der Waals surface area contributed by atoms with Crippen molar-refractivity contribution in [3.63, 3.8) is 0 Å². The molecule has 0 spiro atoms. The lowest BCUT2D eigenvalue weighted by Crippen LogP contribution is -2.80. The lowest BCUT2D eigenvalue weighted by molar-refractivity contribution is -0.549. The molecule has 0 bridgehead atoms. The Bertz CT molecular complexity index is 870. The maximum atomic E-state index is 12.8. The highest BCUT2D eigenvalue weighted by Gasteiger charge is 2.85. The molecule has 0 aliphatic carbocycles. The van der Waals surface area contributed by atoms with Crippen molar-refractivity contribution >= 4 is 5.78 Å². The molecule has 1 atom stereocenters. The van der Waals surface area contributed by atoms with Gasteiger partial charge in [0.2, 0.25) is 0 Å². The van der Waals surface area contributed by atoms with E-state index in [2.05, 4.69) is 4.74 Å². The standard InChI is InChI=1S/C6H9F5O3.2C6H7F5O2.H2O/c1-3(2,12)4(7,8)5(13,14)6(9,10)11;1-3(2)4(7,8)5(12,13-3)6(9,10)11;1-4(2,13)5(7,8)3(12)6(9,10)11;/h12-14H,1-2H3;12H,1-2H3;13H,1-2H3;1H2. The van der Waals surface area contributed by atoms with Crippen LogP contribution in [0.25, 0.3) is 0 Å². The van der Waals surface area contributed by atoms with Gasteiger partial charge in [0.05, 0.1) is 0 Å². The number of carbonyl (C=O) groups is 1. The van der Waals surface area contributed by atoms with Gasteiger partial charge >= 0.3 is 53.7 Å². The third-order valence-electron chi connectivity index (χ3n) is 4.88. The molecule has 0 amide bonds. The summed E-state index contributed by atoms with van der Waals surface area (Å²) in [6, 6.07) is 0. The molecule has 0 aromatic heterocycles. The summed E-state index contributed by atoms with van der Waals surface area (Å²) < 4.78 is 185. The quantitative estimate of drug-likeness (QED) is 0.230. The third-order valence-corrected chi connectivity index (χ3v) is 4.88. The molecule has 0 saturated carbocycles. The average Bonchev–Trinajstić information content (AvgIpc) is 2.63. The Morgan fingerprint density at radius 3 is 1.07 bits per heavy atom. The number of alkyl halides is 15. The van der Waals surface area contributed by atoms with Crippen LogP contribution in [-0.4, -0.2) is 101 Å². The summed E-state index contributed by atoms with van der Waals surface area (Å²) in [5, 5.41) is 42.3. The van der Waals surface area contributed by atoms with Crippen molar-refractivity contribution in [3.8, 4) is 0 Å². The molecule has 1 aliphatic rings. The summed E-state index contributed by atoms with van der Waals surface area (Å²) >= 11 is 0. The van der Waals surface area contributed by atoms with Gasteiger partial charge < -0.3 is 35.7 Å². The number of hydrogen-bond donors (Lipinski definition) is 5. The van der Waals surface area contributed by atoms with Crippen LogP contribution in [0.3, 0.4) is 0 Å². The van der Waals surface area contributed by atoms with Crippen LogP contribution in [0.4, 0.5) is 65.9 Å². The summed E-state index contributed by atoms with van der Waals surface area (Å²) in [6.45, 7) is 3.06. The van der Waals surface area contributed by atoms with E-state index in [1.54, 1.807) is 0 Å². The molecule has 1 saturated heterocycles. The molecule has 41 heavy (non-hydrogen) atoms. The van der Waals surface area contributed by atoms with Crippen LogP contribution in [0.5, 0.6) is 0 Å². The zero-order valence-electron chi connectivity index (χ0n) is 21.2. The fourth-order valence-corrected chi connectivity index (χ4v) is 2.16. The second kappa shape index (κ2) is 11.4. The van der Waals surface area contributed by atoms with Crippen LogP contribution in [0.2, 0.25) is 0 Å². The van der Waals surface area contributed by atoms with Gasteiger partial charge in [-0.3, -0.25) is 4.79 Å². The van der Waals surface area contributed by atoms with Gasteiger partial charge in [0.1, 0.15) is 16.8 Å². The van der Waals surface area contributed by atoms with Gasteiger partial charge in [0.25, 0.3) is 0 Å². The number of ether oxygens (including phenoxy) is 1. The molecule has 1 aliphatic heterocycles. The fourth-order valence-electron chi connectivity index (χ4n) is 2.16. The van der Waals surface area contributed by atoms with Crippen LogP contribution in [-0.2, 0) is 9.53 Å². The lowest BCUT2D eigenvalue weighted by atomic mass is 9.84. The van der Waals surface area contributed by atoms with Gasteiger partial charge in [-0.15, -0.1) is 0 Å². The van der Waals surface area contributed by atoms with Crippen molar-refractivity contribution in [2.45, 2.75) is 106 Å². The minimum Gasteiger partial charge on any atom is -0.412 e. The molecule has 0 aromatic rings. The number of aliphatic hydroxyl groups is 5. The van der Waals surface area contributed by atoms with Crippen LogP contribution in [0.1, 0.15) is 41.5 Å². The smallest absolute Gasteiger partial charge is 0.412 e. The van der Waals surface area contributed by atoms with E-state index in [4.69, 9.17) is 25.5 Å². The number of Topliss-reactive ketones (excluding diaryl/α,β-unsaturated/α-hetero) is 1. The Hall–Kier alpha value is -1.66. The van der Waals surface area contributed by atoms with Crippen LogP contribution in [0, 0.1) is 0 Å². The van der Waals surface area contributed by atoms with E-state index in [0.717, 1.165) is 13.8 Å².